The topological polar surface area (TPSA) is 80.9 Å². The van der Waals surface area contributed by atoms with E-state index in [9.17, 15) is 20.4 Å². The first-order valence-electron chi connectivity index (χ1n) is 23.1. The number of hydrogen-bond donors (Lipinski definition) is 4. The minimum absolute atomic E-state index is 0.462. The predicted molar refractivity (Wildman–Crippen MR) is 292 cm³/mol. The molecule has 0 saturated heterocycles. The van der Waals surface area contributed by atoms with Gasteiger partial charge in [0.15, 0.2) is 0 Å². The zero-order valence-corrected chi connectivity index (χ0v) is 46.6. The Kier molecular flexibility index (Phi) is 21.9. The standard InChI is InChI=1S/4C13H15Cl3O/c4*14-13(15,16)12(17)8-6-11(7-9-12)10-4-2-1-3-5-10/h4*1-5,11,17H,6-9H2. The van der Waals surface area contributed by atoms with E-state index in [0.717, 1.165) is 51.4 Å². The maximum atomic E-state index is 10.3. The molecule has 4 aromatic rings. The molecular formula is C52H60Cl12O4. The van der Waals surface area contributed by atoms with Crippen molar-refractivity contribution < 1.29 is 20.4 Å². The molecule has 16 heteroatoms. The second-order valence-corrected chi connectivity index (χ2v) is 28.0. The lowest BCUT2D eigenvalue weighted by atomic mass is 9.77. The minimum atomic E-state index is -1.59. The van der Waals surface area contributed by atoms with Gasteiger partial charge in [-0.1, -0.05) is 261 Å². The van der Waals surface area contributed by atoms with Gasteiger partial charge in [0, 0.05) is 0 Å². The van der Waals surface area contributed by atoms with Gasteiger partial charge in [0.25, 0.3) is 0 Å². The number of aliphatic hydroxyl groups is 4. The smallest absolute Gasteiger partial charge is 0.218 e. The summed E-state index contributed by atoms with van der Waals surface area (Å²) in [6, 6.07) is 41.2. The molecule has 0 aromatic heterocycles. The number of hydrogen-bond acceptors (Lipinski definition) is 4. The highest BCUT2D eigenvalue weighted by Crippen LogP contribution is 2.53. The SMILES string of the molecule is OC1(C(Cl)(Cl)Cl)CCC(c2ccccc2)CC1.OC1(C(Cl)(Cl)Cl)CCC(c2ccccc2)CC1.OC1(C(Cl)(Cl)Cl)CCC(c2ccccc2)CC1.OC1(C(Cl)(Cl)Cl)CCC(c2ccccc2)CC1. The van der Waals surface area contributed by atoms with Gasteiger partial charge in [-0.05, 0) is 149 Å². The van der Waals surface area contributed by atoms with Crippen LogP contribution < -0.4 is 0 Å². The molecule has 0 atom stereocenters. The van der Waals surface area contributed by atoms with Crippen LogP contribution in [0, 0.1) is 0 Å². The van der Waals surface area contributed by atoms with E-state index < -0.39 is 37.6 Å². The Balaban J connectivity index is 0.000000169. The van der Waals surface area contributed by atoms with Crippen molar-refractivity contribution in [1.29, 1.82) is 0 Å². The van der Waals surface area contributed by atoms with Crippen molar-refractivity contribution in [2.75, 3.05) is 0 Å². The average molecular weight is 1170 g/mol. The molecule has 68 heavy (non-hydrogen) atoms. The molecule has 0 radical (unpaired) electrons. The van der Waals surface area contributed by atoms with Gasteiger partial charge in [-0.2, -0.15) is 0 Å². The highest BCUT2D eigenvalue weighted by atomic mass is 35.6. The van der Waals surface area contributed by atoms with Gasteiger partial charge in [-0.15, -0.1) is 0 Å². The Hall–Kier alpha value is 0.200. The third-order valence-corrected chi connectivity index (χ3v) is 18.7. The molecule has 8 rings (SSSR count). The Morgan fingerprint density at radius 2 is 0.397 bits per heavy atom. The molecule has 4 fully saturated rings. The third kappa shape index (κ3) is 16.1. The van der Waals surface area contributed by atoms with Crippen molar-refractivity contribution >= 4 is 139 Å². The highest BCUT2D eigenvalue weighted by Gasteiger charge is 2.52. The summed E-state index contributed by atoms with van der Waals surface area (Å²) in [6.07, 6.45) is 11.1. The van der Waals surface area contributed by atoms with Crippen LogP contribution in [0.25, 0.3) is 0 Å². The van der Waals surface area contributed by atoms with Gasteiger partial charge in [0.1, 0.15) is 22.4 Å². The van der Waals surface area contributed by atoms with Gasteiger partial charge in [-0.3, -0.25) is 0 Å². The van der Waals surface area contributed by atoms with Crippen molar-refractivity contribution in [1.82, 2.24) is 0 Å². The van der Waals surface area contributed by atoms with Crippen LogP contribution in [0.4, 0.5) is 0 Å². The largest absolute Gasteiger partial charge is 0.385 e. The molecule has 0 spiro atoms. The fourth-order valence-corrected chi connectivity index (χ4v) is 12.0. The molecule has 4 saturated carbocycles. The molecule has 0 amide bonds. The van der Waals surface area contributed by atoms with Crippen LogP contribution in [0.3, 0.4) is 0 Å². The number of halogens is 12. The molecule has 0 aliphatic heterocycles. The summed E-state index contributed by atoms with van der Waals surface area (Å²) < 4.78 is -6.35. The Morgan fingerprint density at radius 3 is 0.515 bits per heavy atom. The van der Waals surface area contributed by atoms with Gasteiger partial charge in [-0.25, -0.2) is 0 Å². The predicted octanol–water partition coefficient (Wildman–Crippen LogP) is 17.8. The molecule has 0 unspecified atom stereocenters. The molecule has 4 aliphatic carbocycles. The average Bonchev–Trinajstić information content (AvgIpc) is 3.30. The molecule has 0 bridgehead atoms. The van der Waals surface area contributed by atoms with Crippen molar-refractivity contribution in [3.63, 3.8) is 0 Å². The van der Waals surface area contributed by atoms with Crippen molar-refractivity contribution in [2.45, 2.75) is 164 Å². The molecule has 4 nitrogen and oxygen atoms in total. The Labute approximate surface area is 463 Å². The highest BCUT2D eigenvalue weighted by molar-refractivity contribution is 6.70. The maximum Gasteiger partial charge on any atom is 0.218 e. The zero-order valence-electron chi connectivity index (χ0n) is 37.5. The summed E-state index contributed by atoms with van der Waals surface area (Å²) in [7, 11) is 0. The van der Waals surface area contributed by atoms with Crippen LogP contribution in [-0.4, -0.2) is 58.0 Å². The van der Waals surface area contributed by atoms with Crippen LogP contribution in [-0.2, 0) is 0 Å². The van der Waals surface area contributed by atoms with E-state index in [0.29, 0.717) is 75.0 Å². The Morgan fingerprint density at radius 1 is 0.265 bits per heavy atom. The fourth-order valence-electron chi connectivity index (χ4n) is 9.75. The van der Waals surface area contributed by atoms with Crippen LogP contribution in [0.5, 0.6) is 0 Å². The molecule has 376 valence electrons. The van der Waals surface area contributed by atoms with Gasteiger partial charge >= 0.3 is 0 Å². The summed E-state index contributed by atoms with van der Waals surface area (Å²) >= 11 is 69.9. The Bertz CT molecular complexity index is 1760. The molecule has 4 aromatic carbocycles. The number of rotatable bonds is 4. The van der Waals surface area contributed by atoms with E-state index in [4.69, 9.17) is 139 Å². The van der Waals surface area contributed by atoms with Crippen LogP contribution >= 0.6 is 139 Å². The van der Waals surface area contributed by atoms with Crippen molar-refractivity contribution in [2.24, 2.45) is 0 Å². The minimum Gasteiger partial charge on any atom is -0.385 e. The molecular weight excluding hydrogens is 1110 g/mol. The van der Waals surface area contributed by atoms with E-state index in [1.807, 2.05) is 72.8 Å². The fraction of sp³-hybridized carbons (Fsp3) is 0.538. The zero-order chi connectivity index (χ0) is 50.1. The number of alkyl halides is 12. The normalized spacial score (nSPS) is 30.2. The van der Waals surface area contributed by atoms with Crippen molar-refractivity contribution in [3.05, 3.63) is 144 Å². The molecule has 0 heterocycles. The third-order valence-electron chi connectivity index (χ3n) is 14.4. The van der Waals surface area contributed by atoms with E-state index in [-0.39, 0.29) is 0 Å². The lowest BCUT2D eigenvalue weighted by Crippen LogP contribution is -2.45. The first-order valence-corrected chi connectivity index (χ1v) is 27.6. The maximum absolute atomic E-state index is 10.3. The van der Waals surface area contributed by atoms with E-state index in [1.54, 1.807) is 0 Å². The van der Waals surface area contributed by atoms with E-state index in [1.165, 1.54) is 22.3 Å². The van der Waals surface area contributed by atoms with E-state index in [2.05, 4.69) is 48.5 Å². The quantitative estimate of drug-likeness (QED) is 0.154. The number of benzene rings is 4. The summed E-state index contributed by atoms with van der Waals surface area (Å²) in [6.45, 7) is 0. The van der Waals surface area contributed by atoms with Crippen molar-refractivity contribution in [3.8, 4) is 0 Å². The monoisotopic (exact) mass is 1170 g/mol. The second kappa shape index (κ2) is 25.2. The molecule has 4 aliphatic rings. The first kappa shape index (κ1) is 59.1. The van der Waals surface area contributed by atoms with Crippen LogP contribution in [0.1, 0.15) is 149 Å². The van der Waals surface area contributed by atoms with Crippen LogP contribution in [0.2, 0.25) is 0 Å². The second-order valence-electron chi connectivity index (χ2n) is 18.9. The summed E-state index contributed by atoms with van der Waals surface area (Å²) in [5.74, 6) is 1.85. The lowest BCUT2D eigenvalue weighted by Gasteiger charge is -2.40. The van der Waals surface area contributed by atoms with Gasteiger partial charge in [0.2, 0.25) is 15.2 Å². The summed E-state index contributed by atoms with van der Waals surface area (Å²) in [5, 5.41) is 41.1. The first-order chi connectivity index (χ1) is 31.7. The molecule has 4 N–H and O–H groups in total. The van der Waals surface area contributed by atoms with Gasteiger partial charge in [0.05, 0.1) is 0 Å². The van der Waals surface area contributed by atoms with E-state index >= 15 is 0 Å². The lowest BCUT2D eigenvalue weighted by molar-refractivity contribution is 0.00234. The summed E-state index contributed by atoms with van der Waals surface area (Å²) in [4.78, 5) is 0. The summed E-state index contributed by atoms with van der Waals surface area (Å²) in [5.41, 5.74) is 0.507. The van der Waals surface area contributed by atoms with Crippen LogP contribution in [0.15, 0.2) is 121 Å². The van der Waals surface area contributed by atoms with Gasteiger partial charge < -0.3 is 20.4 Å².